The number of halogens is 1. The Morgan fingerprint density at radius 3 is 2.56 bits per heavy atom. The third-order valence-corrected chi connectivity index (χ3v) is 4.52. The normalized spacial score (nSPS) is 15.6. The molecule has 0 aliphatic carbocycles. The van der Waals surface area contributed by atoms with Crippen molar-refractivity contribution in [2.24, 2.45) is 0 Å². The third-order valence-electron chi connectivity index (χ3n) is 4.52. The van der Waals surface area contributed by atoms with Gasteiger partial charge in [0.2, 0.25) is 11.8 Å². The van der Waals surface area contributed by atoms with E-state index >= 15 is 0 Å². The van der Waals surface area contributed by atoms with Crippen LogP contribution in [0.1, 0.15) is 31.4 Å². The molecule has 1 heterocycles. The van der Waals surface area contributed by atoms with Gasteiger partial charge in [-0.25, -0.2) is 4.39 Å². The van der Waals surface area contributed by atoms with Crippen molar-refractivity contribution >= 4 is 17.5 Å². The zero-order valence-corrected chi connectivity index (χ0v) is 14.4. The van der Waals surface area contributed by atoms with Gasteiger partial charge < -0.3 is 10.2 Å². The second-order valence-electron chi connectivity index (χ2n) is 6.96. The Bertz CT molecular complexity index is 800. The average molecular weight is 340 g/mol. The number of amides is 2. The van der Waals surface area contributed by atoms with E-state index in [1.807, 2.05) is 38.1 Å². The summed E-state index contributed by atoms with van der Waals surface area (Å²) in [6.45, 7) is 4.35. The van der Waals surface area contributed by atoms with E-state index in [2.05, 4.69) is 5.32 Å². The molecule has 0 radical (unpaired) electrons. The number of fused-ring (bicyclic) bond motifs is 1. The molecular formula is C20H21FN2O2. The van der Waals surface area contributed by atoms with Gasteiger partial charge in [-0.1, -0.05) is 44.2 Å². The third kappa shape index (κ3) is 3.71. The van der Waals surface area contributed by atoms with Gasteiger partial charge in [-0.05, 0) is 29.3 Å². The van der Waals surface area contributed by atoms with Crippen LogP contribution < -0.4 is 10.2 Å². The summed E-state index contributed by atoms with van der Waals surface area (Å²) in [5.41, 5.74) is 2.43. The van der Waals surface area contributed by atoms with Gasteiger partial charge in [-0.15, -0.1) is 0 Å². The van der Waals surface area contributed by atoms with Gasteiger partial charge in [0.25, 0.3) is 0 Å². The average Bonchev–Trinajstić information content (AvgIpc) is 2.58. The maximum Gasteiger partial charge on any atom is 0.240 e. The molecule has 2 aromatic carbocycles. The first-order valence-corrected chi connectivity index (χ1v) is 8.28. The summed E-state index contributed by atoms with van der Waals surface area (Å²) in [5, 5.41) is 2.78. The molecular weight excluding hydrogens is 319 g/mol. The molecule has 2 aromatic rings. The molecule has 5 heteroatoms. The van der Waals surface area contributed by atoms with Crippen LogP contribution in [0.4, 0.5) is 10.1 Å². The molecule has 130 valence electrons. The Balaban J connectivity index is 1.70. The zero-order valence-electron chi connectivity index (χ0n) is 14.4. The van der Waals surface area contributed by atoms with Crippen LogP contribution in [0, 0.1) is 5.82 Å². The number of carbonyl (C=O) groups is 2. The van der Waals surface area contributed by atoms with E-state index in [9.17, 15) is 14.0 Å². The topological polar surface area (TPSA) is 49.4 Å². The van der Waals surface area contributed by atoms with E-state index in [-0.39, 0.29) is 29.6 Å². The van der Waals surface area contributed by atoms with Crippen molar-refractivity contribution in [1.82, 2.24) is 5.32 Å². The summed E-state index contributed by atoms with van der Waals surface area (Å²) in [7, 11) is 0. The summed E-state index contributed by atoms with van der Waals surface area (Å²) in [5.74, 6) is -0.610. The molecule has 0 saturated carbocycles. The highest BCUT2D eigenvalue weighted by Gasteiger charge is 2.36. The van der Waals surface area contributed by atoms with Crippen molar-refractivity contribution in [3.8, 4) is 0 Å². The summed E-state index contributed by atoms with van der Waals surface area (Å²) >= 11 is 0. The minimum absolute atomic E-state index is 0.0207. The standard InChI is InChI=1S/C20H21FN2O2/c1-20(2)11-19(25)23(17-6-4-3-5-16(17)20)13-18(24)22-12-14-7-9-15(21)10-8-14/h3-10H,11-13H2,1-2H3,(H,22,24). The molecule has 4 nitrogen and oxygen atoms in total. The van der Waals surface area contributed by atoms with Crippen LogP contribution in [0.15, 0.2) is 48.5 Å². The Hall–Kier alpha value is -2.69. The minimum atomic E-state index is -0.312. The van der Waals surface area contributed by atoms with Crippen LogP contribution in [-0.4, -0.2) is 18.4 Å². The van der Waals surface area contributed by atoms with E-state index in [4.69, 9.17) is 0 Å². The first kappa shape index (κ1) is 17.1. The molecule has 3 rings (SSSR count). The molecule has 0 unspecified atom stereocenters. The van der Waals surface area contributed by atoms with Crippen LogP contribution >= 0.6 is 0 Å². The smallest absolute Gasteiger partial charge is 0.240 e. The highest BCUT2D eigenvalue weighted by molar-refractivity contribution is 6.02. The van der Waals surface area contributed by atoms with Gasteiger partial charge in [-0.3, -0.25) is 9.59 Å². The van der Waals surface area contributed by atoms with E-state index in [0.717, 1.165) is 16.8 Å². The maximum atomic E-state index is 12.9. The van der Waals surface area contributed by atoms with Crippen LogP contribution in [0.3, 0.4) is 0 Å². The first-order valence-electron chi connectivity index (χ1n) is 8.28. The van der Waals surface area contributed by atoms with Gasteiger partial charge in [0.15, 0.2) is 0 Å². The number of anilines is 1. The molecule has 25 heavy (non-hydrogen) atoms. The number of hydrogen-bond acceptors (Lipinski definition) is 2. The molecule has 2 amide bonds. The maximum absolute atomic E-state index is 12.9. The largest absolute Gasteiger partial charge is 0.350 e. The van der Waals surface area contributed by atoms with Crippen LogP contribution in [0.25, 0.3) is 0 Å². The number of carbonyl (C=O) groups excluding carboxylic acids is 2. The molecule has 0 aromatic heterocycles. The Morgan fingerprint density at radius 2 is 1.84 bits per heavy atom. The number of para-hydroxylation sites is 1. The molecule has 0 saturated heterocycles. The first-order chi connectivity index (χ1) is 11.9. The van der Waals surface area contributed by atoms with E-state index < -0.39 is 0 Å². The Labute approximate surface area is 146 Å². The van der Waals surface area contributed by atoms with Crippen LogP contribution in [0.5, 0.6) is 0 Å². The molecule has 0 spiro atoms. The van der Waals surface area contributed by atoms with Gasteiger partial charge in [0.1, 0.15) is 12.4 Å². The van der Waals surface area contributed by atoms with Crippen LogP contribution in [-0.2, 0) is 21.5 Å². The van der Waals surface area contributed by atoms with Crippen molar-refractivity contribution < 1.29 is 14.0 Å². The number of nitrogens with zero attached hydrogens (tertiary/aromatic N) is 1. The fourth-order valence-electron chi connectivity index (χ4n) is 3.16. The van der Waals surface area contributed by atoms with Gasteiger partial charge in [-0.2, -0.15) is 0 Å². The van der Waals surface area contributed by atoms with E-state index in [0.29, 0.717) is 13.0 Å². The van der Waals surface area contributed by atoms with E-state index in [1.54, 1.807) is 17.0 Å². The highest BCUT2D eigenvalue weighted by Crippen LogP contribution is 2.39. The molecule has 1 aliphatic heterocycles. The lowest BCUT2D eigenvalue weighted by molar-refractivity contribution is -0.124. The zero-order chi connectivity index (χ0) is 18.0. The molecule has 0 fully saturated rings. The van der Waals surface area contributed by atoms with Gasteiger partial charge in [0.05, 0.1) is 0 Å². The fourth-order valence-corrected chi connectivity index (χ4v) is 3.16. The highest BCUT2D eigenvalue weighted by atomic mass is 19.1. The SMILES string of the molecule is CC1(C)CC(=O)N(CC(=O)NCc2ccc(F)cc2)c2ccccc21. The lowest BCUT2D eigenvalue weighted by Crippen LogP contribution is -2.46. The monoisotopic (exact) mass is 340 g/mol. The van der Waals surface area contributed by atoms with Crippen molar-refractivity contribution in [2.45, 2.75) is 32.2 Å². The summed E-state index contributed by atoms with van der Waals surface area (Å²) in [4.78, 5) is 26.4. The summed E-state index contributed by atoms with van der Waals surface area (Å²) < 4.78 is 12.9. The molecule has 1 N–H and O–H groups in total. The fraction of sp³-hybridized carbons (Fsp3) is 0.300. The second-order valence-corrected chi connectivity index (χ2v) is 6.96. The molecule has 1 aliphatic rings. The Morgan fingerprint density at radius 1 is 1.16 bits per heavy atom. The number of nitrogens with one attached hydrogen (secondary N) is 1. The van der Waals surface area contributed by atoms with Crippen molar-refractivity contribution in [2.75, 3.05) is 11.4 Å². The van der Waals surface area contributed by atoms with Gasteiger partial charge in [0, 0.05) is 24.1 Å². The summed E-state index contributed by atoms with van der Waals surface area (Å²) in [6.07, 6.45) is 0.370. The minimum Gasteiger partial charge on any atom is -0.350 e. The van der Waals surface area contributed by atoms with Crippen molar-refractivity contribution in [1.29, 1.82) is 0 Å². The van der Waals surface area contributed by atoms with Crippen LogP contribution in [0.2, 0.25) is 0 Å². The molecule has 0 atom stereocenters. The number of rotatable bonds is 4. The predicted molar refractivity (Wildman–Crippen MR) is 94.7 cm³/mol. The number of benzene rings is 2. The second kappa shape index (κ2) is 6.67. The van der Waals surface area contributed by atoms with Gasteiger partial charge >= 0.3 is 0 Å². The Kier molecular flexibility index (Phi) is 4.57. The van der Waals surface area contributed by atoms with Crippen molar-refractivity contribution in [3.63, 3.8) is 0 Å². The molecule has 0 bridgehead atoms. The predicted octanol–water partition coefficient (Wildman–Crippen LogP) is 3.16. The lowest BCUT2D eigenvalue weighted by atomic mass is 9.77. The van der Waals surface area contributed by atoms with Crippen molar-refractivity contribution in [3.05, 3.63) is 65.5 Å². The van der Waals surface area contributed by atoms with E-state index in [1.165, 1.54) is 12.1 Å². The lowest BCUT2D eigenvalue weighted by Gasteiger charge is -2.38. The quantitative estimate of drug-likeness (QED) is 0.929. The number of hydrogen-bond donors (Lipinski definition) is 1. The summed E-state index contributed by atoms with van der Waals surface area (Å²) in [6, 6.07) is 13.7.